The number of hydrogen-bond donors (Lipinski definition) is 1. The Bertz CT molecular complexity index is 365. The van der Waals surface area contributed by atoms with E-state index in [0.717, 1.165) is 6.42 Å². The van der Waals surface area contributed by atoms with Gasteiger partial charge in [0.2, 0.25) is 0 Å². The van der Waals surface area contributed by atoms with Crippen molar-refractivity contribution in [3.63, 3.8) is 0 Å². The Hall–Kier alpha value is -0.780. The average Bonchev–Trinajstić information content (AvgIpc) is 2.39. The smallest absolute Gasteiger partial charge is 0.407 e. The molecule has 0 unspecified atom stereocenters. The number of carbonyl (C=O) groups excluding carboxylic acids is 1. The maximum atomic E-state index is 11.5. The molecule has 0 aromatic rings. The largest absolute Gasteiger partial charge is 0.447 e. The van der Waals surface area contributed by atoms with Crippen LogP contribution < -0.4 is 5.32 Å². The second kappa shape index (κ2) is 4.61. The van der Waals surface area contributed by atoms with Gasteiger partial charge >= 0.3 is 6.09 Å². The summed E-state index contributed by atoms with van der Waals surface area (Å²) < 4.78 is 27.7. The van der Waals surface area contributed by atoms with E-state index in [1.807, 2.05) is 6.92 Å². The van der Waals surface area contributed by atoms with Crippen LogP contribution in [0, 0.1) is 0 Å². The molecule has 0 spiro atoms. The maximum absolute atomic E-state index is 11.5. The highest BCUT2D eigenvalue weighted by Crippen LogP contribution is 2.22. The van der Waals surface area contributed by atoms with Crippen molar-refractivity contribution in [2.45, 2.75) is 45.3 Å². The normalized spacial score (nSPS) is 29.7. The van der Waals surface area contributed by atoms with E-state index >= 15 is 0 Å². The molecule has 0 saturated carbocycles. The predicted octanol–water partition coefficient (Wildman–Crippen LogP) is 1.09. The zero-order valence-corrected chi connectivity index (χ0v) is 10.8. The molecule has 1 rings (SSSR count). The molecule has 1 fully saturated rings. The van der Waals surface area contributed by atoms with Gasteiger partial charge in [-0.3, -0.25) is 0 Å². The molecule has 0 aromatic heterocycles. The van der Waals surface area contributed by atoms with E-state index in [9.17, 15) is 13.2 Å². The standard InChI is InChI=1S/C10H19NO4S/c1-4-8(2)15-9(12)11-10(3)5-6-16(13,14)7-10/h8H,4-7H2,1-3H3,(H,11,12)/t8-,10+/m0/s1. The summed E-state index contributed by atoms with van der Waals surface area (Å²) in [6.07, 6.45) is 0.503. The van der Waals surface area contributed by atoms with E-state index in [-0.39, 0.29) is 17.6 Å². The monoisotopic (exact) mass is 249 g/mol. The van der Waals surface area contributed by atoms with E-state index in [1.54, 1.807) is 13.8 Å². The zero-order valence-electron chi connectivity index (χ0n) is 9.95. The molecule has 0 aromatic carbocycles. The van der Waals surface area contributed by atoms with Crippen LogP contribution in [0.3, 0.4) is 0 Å². The van der Waals surface area contributed by atoms with E-state index in [0.29, 0.717) is 6.42 Å². The molecule has 1 heterocycles. The third-order valence-corrected chi connectivity index (χ3v) is 4.69. The highest BCUT2D eigenvalue weighted by molar-refractivity contribution is 7.91. The molecule has 1 saturated heterocycles. The fraction of sp³-hybridized carbons (Fsp3) is 0.900. The summed E-state index contributed by atoms with van der Waals surface area (Å²) >= 11 is 0. The van der Waals surface area contributed by atoms with Crippen molar-refractivity contribution < 1.29 is 17.9 Å². The minimum absolute atomic E-state index is 0.00436. The first-order valence-corrected chi connectivity index (χ1v) is 7.28. The molecular weight excluding hydrogens is 230 g/mol. The van der Waals surface area contributed by atoms with E-state index in [2.05, 4.69) is 5.32 Å². The van der Waals surface area contributed by atoms with Crippen LogP contribution in [-0.2, 0) is 14.6 Å². The summed E-state index contributed by atoms with van der Waals surface area (Å²) in [6, 6.07) is 0. The third-order valence-electron chi connectivity index (χ3n) is 2.79. The first kappa shape index (κ1) is 13.3. The Morgan fingerprint density at radius 1 is 1.56 bits per heavy atom. The van der Waals surface area contributed by atoms with Crippen LogP contribution in [0.25, 0.3) is 0 Å². The second-order valence-corrected chi connectivity index (χ2v) is 6.84. The lowest BCUT2D eigenvalue weighted by molar-refractivity contribution is 0.0972. The molecule has 1 aliphatic heterocycles. The van der Waals surface area contributed by atoms with Crippen molar-refractivity contribution in [2.24, 2.45) is 0 Å². The molecule has 0 aliphatic carbocycles. The van der Waals surface area contributed by atoms with E-state index < -0.39 is 21.5 Å². The number of carbonyl (C=O) groups is 1. The summed E-state index contributed by atoms with van der Waals surface area (Å²) in [6.45, 7) is 5.45. The van der Waals surface area contributed by atoms with Gasteiger partial charge in [0.1, 0.15) is 6.10 Å². The number of amides is 1. The Morgan fingerprint density at radius 3 is 2.62 bits per heavy atom. The molecule has 0 bridgehead atoms. The number of alkyl carbamates (subject to hydrolysis) is 1. The second-order valence-electron chi connectivity index (χ2n) is 4.65. The van der Waals surface area contributed by atoms with E-state index in [4.69, 9.17) is 4.74 Å². The highest BCUT2D eigenvalue weighted by Gasteiger charge is 2.39. The SMILES string of the molecule is CC[C@H](C)OC(=O)N[C@]1(C)CCS(=O)(=O)C1. The van der Waals surface area contributed by atoms with Crippen molar-refractivity contribution in [1.82, 2.24) is 5.32 Å². The molecule has 6 heteroatoms. The number of nitrogens with one attached hydrogen (secondary N) is 1. The van der Waals surface area contributed by atoms with Gasteiger partial charge in [0.25, 0.3) is 0 Å². The summed E-state index contributed by atoms with van der Waals surface area (Å²) in [4.78, 5) is 11.5. The number of hydrogen-bond acceptors (Lipinski definition) is 4. The topological polar surface area (TPSA) is 72.5 Å². The molecule has 1 aliphatic rings. The van der Waals surface area contributed by atoms with Crippen LogP contribution in [-0.4, -0.2) is 37.7 Å². The Kier molecular flexibility index (Phi) is 3.83. The van der Waals surface area contributed by atoms with Crippen LogP contribution in [0.15, 0.2) is 0 Å². The van der Waals surface area contributed by atoms with Crippen LogP contribution in [0.4, 0.5) is 4.79 Å². The summed E-state index contributed by atoms with van der Waals surface area (Å²) in [7, 11) is -3.00. The summed E-state index contributed by atoms with van der Waals surface area (Å²) in [5, 5.41) is 2.64. The van der Waals surface area contributed by atoms with Gasteiger partial charge in [-0.05, 0) is 26.7 Å². The third kappa shape index (κ3) is 3.66. The van der Waals surface area contributed by atoms with Gasteiger partial charge in [-0.25, -0.2) is 13.2 Å². The number of sulfone groups is 1. The number of rotatable bonds is 3. The predicted molar refractivity (Wildman–Crippen MR) is 61.0 cm³/mol. The van der Waals surface area contributed by atoms with Crippen LogP contribution in [0.1, 0.15) is 33.6 Å². The Balaban J connectivity index is 2.52. The number of ether oxygens (including phenoxy) is 1. The van der Waals surface area contributed by atoms with Crippen LogP contribution in [0.2, 0.25) is 0 Å². The average molecular weight is 249 g/mol. The van der Waals surface area contributed by atoms with E-state index in [1.165, 1.54) is 0 Å². The fourth-order valence-corrected chi connectivity index (χ4v) is 3.74. The minimum atomic E-state index is -3.00. The first-order valence-electron chi connectivity index (χ1n) is 5.45. The quantitative estimate of drug-likeness (QED) is 0.812. The molecule has 0 radical (unpaired) electrons. The Labute approximate surface area is 96.5 Å². The molecular formula is C10H19NO4S. The lowest BCUT2D eigenvalue weighted by atomic mass is 10.0. The van der Waals surface area contributed by atoms with Gasteiger partial charge in [-0.1, -0.05) is 6.92 Å². The van der Waals surface area contributed by atoms with Crippen molar-refractivity contribution in [1.29, 1.82) is 0 Å². The molecule has 16 heavy (non-hydrogen) atoms. The fourth-order valence-electron chi connectivity index (χ4n) is 1.65. The van der Waals surface area contributed by atoms with Crippen molar-refractivity contribution in [3.8, 4) is 0 Å². The summed E-state index contributed by atoms with van der Waals surface area (Å²) in [5.41, 5.74) is -0.677. The van der Waals surface area contributed by atoms with Gasteiger partial charge in [0.15, 0.2) is 9.84 Å². The molecule has 2 atom stereocenters. The first-order chi connectivity index (χ1) is 7.26. The Morgan fingerprint density at radius 2 is 2.19 bits per heavy atom. The van der Waals surface area contributed by atoms with Crippen LogP contribution in [0.5, 0.6) is 0 Å². The molecule has 94 valence electrons. The van der Waals surface area contributed by atoms with Gasteiger partial charge < -0.3 is 10.1 Å². The van der Waals surface area contributed by atoms with Crippen LogP contribution >= 0.6 is 0 Å². The van der Waals surface area contributed by atoms with Crippen molar-refractivity contribution >= 4 is 15.9 Å². The maximum Gasteiger partial charge on any atom is 0.407 e. The van der Waals surface area contributed by atoms with Gasteiger partial charge in [-0.2, -0.15) is 0 Å². The van der Waals surface area contributed by atoms with Crippen molar-refractivity contribution in [3.05, 3.63) is 0 Å². The zero-order chi connectivity index (χ0) is 12.4. The summed E-state index contributed by atoms with van der Waals surface area (Å²) in [5.74, 6) is 0.128. The molecule has 1 amide bonds. The molecule has 5 nitrogen and oxygen atoms in total. The minimum Gasteiger partial charge on any atom is -0.447 e. The molecule has 1 N–H and O–H groups in total. The lowest BCUT2D eigenvalue weighted by Crippen LogP contribution is -2.47. The van der Waals surface area contributed by atoms with Gasteiger partial charge in [0, 0.05) is 0 Å². The van der Waals surface area contributed by atoms with Gasteiger partial charge in [0.05, 0.1) is 17.0 Å². The lowest BCUT2D eigenvalue weighted by Gasteiger charge is -2.24. The highest BCUT2D eigenvalue weighted by atomic mass is 32.2. The van der Waals surface area contributed by atoms with Crippen molar-refractivity contribution in [2.75, 3.05) is 11.5 Å². The van der Waals surface area contributed by atoms with Gasteiger partial charge in [-0.15, -0.1) is 0 Å².